The van der Waals surface area contributed by atoms with Gasteiger partial charge in [0.15, 0.2) is 0 Å². The van der Waals surface area contributed by atoms with Crippen LogP contribution in [0.4, 0.5) is 0 Å². The van der Waals surface area contributed by atoms with E-state index in [1.807, 2.05) is 6.08 Å². The Hall–Kier alpha value is -0.900. The maximum atomic E-state index is 9.97. The minimum atomic E-state index is -0.0647. The summed E-state index contributed by atoms with van der Waals surface area (Å²) in [6.07, 6.45) is 11.2. The molecule has 130 valence electrons. The molecule has 2 aliphatic carbocycles. The lowest BCUT2D eigenvalue weighted by Crippen LogP contribution is -2.51. The van der Waals surface area contributed by atoms with Gasteiger partial charge in [0.1, 0.15) is 0 Å². The van der Waals surface area contributed by atoms with Crippen LogP contribution in [-0.4, -0.2) is 35.1 Å². The normalized spacial score (nSPS) is 38.8. The van der Waals surface area contributed by atoms with E-state index in [1.165, 1.54) is 5.57 Å². The van der Waals surface area contributed by atoms with E-state index in [0.29, 0.717) is 5.92 Å². The molecule has 3 heteroatoms. The van der Waals surface area contributed by atoms with Crippen molar-refractivity contribution < 1.29 is 15.3 Å². The topological polar surface area (TPSA) is 60.7 Å². The molecule has 0 aromatic carbocycles. The van der Waals surface area contributed by atoms with Crippen LogP contribution in [0.1, 0.15) is 46.0 Å². The molecule has 0 aromatic heterocycles. The summed E-state index contributed by atoms with van der Waals surface area (Å²) in [6, 6.07) is 0. The number of allylic oxidation sites excluding steroid dienone is 2. The van der Waals surface area contributed by atoms with Crippen molar-refractivity contribution in [2.24, 2.45) is 22.7 Å². The fourth-order valence-corrected chi connectivity index (χ4v) is 5.09. The molecule has 0 amide bonds. The van der Waals surface area contributed by atoms with Crippen LogP contribution < -0.4 is 0 Å². The predicted molar refractivity (Wildman–Crippen MR) is 93.9 cm³/mol. The third kappa shape index (κ3) is 3.47. The van der Waals surface area contributed by atoms with Gasteiger partial charge in [0.2, 0.25) is 0 Å². The highest BCUT2D eigenvalue weighted by Crippen LogP contribution is 2.61. The largest absolute Gasteiger partial charge is 0.396 e. The highest BCUT2D eigenvalue weighted by atomic mass is 16.3. The Kier molecular flexibility index (Phi) is 5.88. The molecule has 0 bridgehead atoms. The van der Waals surface area contributed by atoms with Crippen LogP contribution in [0.3, 0.4) is 0 Å². The minimum absolute atomic E-state index is 0.000532. The smallest absolute Gasteiger partial charge is 0.0679 e. The molecule has 3 nitrogen and oxygen atoms in total. The van der Waals surface area contributed by atoms with Crippen LogP contribution >= 0.6 is 0 Å². The van der Waals surface area contributed by atoms with Crippen LogP contribution in [0.15, 0.2) is 36.0 Å². The van der Waals surface area contributed by atoms with Gasteiger partial charge < -0.3 is 15.3 Å². The molecule has 2 saturated carbocycles. The molecule has 4 atom stereocenters. The summed E-state index contributed by atoms with van der Waals surface area (Å²) >= 11 is 0. The third-order valence-electron chi connectivity index (χ3n) is 6.41. The maximum Gasteiger partial charge on any atom is 0.0679 e. The zero-order valence-electron chi connectivity index (χ0n) is 14.6. The molecule has 2 rings (SSSR count). The number of hydrogen-bond donors (Lipinski definition) is 3. The zero-order chi connectivity index (χ0) is 17.1. The molecular weight excluding hydrogens is 288 g/mol. The molecule has 0 radical (unpaired) electrons. The second kappa shape index (κ2) is 7.33. The van der Waals surface area contributed by atoms with E-state index >= 15 is 0 Å². The SMILES string of the molecule is C=C1CCC2C(C)(CO)CCCC2(C)C1C=CC(=CCO)CO. The van der Waals surface area contributed by atoms with Crippen LogP contribution in [-0.2, 0) is 0 Å². The predicted octanol–water partition coefficient (Wildman–Crippen LogP) is 3.22. The molecule has 0 heterocycles. The average Bonchev–Trinajstić information content (AvgIpc) is 2.52. The first-order valence-corrected chi connectivity index (χ1v) is 8.79. The first kappa shape index (κ1) is 18.4. The highest BCUT2D eigenvalue weighted by molar-refractivity contribution is 5.27. The van der Waals surface area contributed by atoms with E-state index in [1.54, 1.807) is 6.08 Å². The van der Waals surface area contributed by atoms with Gasteiger partial charge >= 0.3 is 0 Å². The summed E-state index contributed by atoms with van der Waals surface area (Å²) in [6.45, 7) is 9.01. The van der Waals surface area contributed by atoms with Gasteiger partial charge in [-0.15, -0.1) is 0 Å². The summed E-state index contributed by atoms with van der Waals surface area (Å²) in [4.78, 5) is 0. The molecule has 0 saturated heterocycles. The lowest BCUT2D eigenvalue weighted by atomic mass is 9.47. The van der Waals surface area contributed by atoms with Crippen molar-refractivity contribution in [3.8, 4) is 0 Å². The first-order valence-electron chi connectivity index (χ1n) is 8.79. The summed E-state index contributed by atoms with van der Waals surface area (Å²) < 4.78 is 0. The van der Waals surface area contributed by atoms with E-state index < -0.39 is 0 Å². The van der Waals surface area contributed by atoms with Crippen molar-refractivity contribution in [1.82, 2.24) is 0 Å². The fourth-order valence-electron chi connectivity index (χ4n) is 5.09. The molecular formula is C20H32O3. The monoisotopic (exact) mass is 320 g/mol. The van der Waals surface area contributed by atoms with E-state index in [0.717, 1.165) is 37.7 Å². The summed E-state index contributed by atoms with van der Waals surface area (Å²) in [7, 11) is 0. The zero-order valence-corrected chi connectivity index (χ0v) is 14.6. The van der Waals surface area contributed by atoms with Crippen molar-refractivity contribution in [1.29, 1.82) is 0 Å². The lowest BCUT2D eigenvalue weighted by molar-refractivity contribution is -0.0749. The standard InChI is InChI=1S/C20H32O3/c1-15-5-8-18-19(2,14-23)10-4-11-20(18,3)17(15)7-6-16(13-22)9-12-21/h6-7,9,17-18,21-23H,1,4-5,8,10-14H2,2-3H3. The Morgan fingerprint density at radius 2 is 2.00 bits per heavy atom. The van der Waals surface area contributed by atoms with Crippen LogP contribution in [0.25, 0.3) is 0 Å². The molecule has 2 aliphatic rings. The number of fused-ring (bicyclic) bond motifs is 1. The lowest BCUT2D eigenvalue weighted by Gasteiger charge is -2.57. The number of hydrogen-bond acceptors (Lipinski definition) is 3. The Labute approximate surface area is 140 Å². The van der Waals surface area contributed by atoms with Crippen LogP contribution in [0.5, 0.6) is 0 Å². The molecule has 3 N–H and O–H groups in total. The molecule has 0 aromatic rings. The summed E-state index contributed by atoms with van der Waals surface area (Å²) in [5.74, 6) is 0.759. The van der Waals surface area contributed by atoms with Gasteiger partial charge in [0, 0.05) is 12.5 Å². The van der Waals surface area contributed by atoms with Crippen molar-refractivity contribution in [3.63, 3.8) is 0 Å². The summed E-state index contributed by atoms with van der Waals surface area (Å²) in [5, 5.41) is 28.4. The van der Waals surface area contributed by atoms with E-state index in [2.05, 4.69) is 26.5 Å². The molecule has 23 heavy (non-hydrogen) atoms. The minimum Gasteiger partial charge on any atom is -0.396 e. The van der Waals surface area contributed by atoms with E-state index in [-0.39, 0.29) is 36.6 Å². The van der Waals surface area contributed by atoms with Gasteiger partial charge in [-0.05, 0) is 48.0 Å². The number of rotatable bonds is 5. The quantitative estimate of drug-likeness (QED) is 0.538. The van der Waals surface area contributed by atoms with Gasteiger partial charge in [0.05, 0.1) is 13.2 Å². The highest BCUT2D eigenvalue weighted by Gasteiger charge is 2.53. The first-order chi connectivity index (χ1) is 10.9. The number of aliphatic hydroxyl groups excluding tert-OH is 3. The van der Waals surface area contributed by atoms with Gasteiger partial charge in [-0.25, -0.2) is 0 Å². The van der Waals surface area contributed by atoms with E-state index in [4.69, 9.17) is 5.11 Å². The fraction of sp³-hybridized carbons (Fsp3) is 0.700. The van der Waals surface area contributed by atoms with Gasteiger partial charge in [0.25, 0.3) is 0 Å². The molecule has 4 unspecified atom stereocenters. The van der Waals surface area contributed by atoms with E-state index in [9.17, 15) is 10.2 Å². The van der Waals surface area contributed by atoms with Gasteiger partial charge in [-0.3, -0.25) is 0 Å². The maximum absolute atomic E-state index is 9.97. The second-order valence-electron chi connectivity index (χ2n) is 7.88. The number of aliphatic hydroxyl groups is 3. The Morgan fingerprint density at radius 1 is 1.26 bits per heavy atom. The van der Waals surface area contributed by atoms with Crippen LogP contribution in [0.2, 0.25) is 0 Å². The molecule has 2 fully saturated rings. The van der Waals surface area contributed by atoms with Crippen molar-refractivity contribution in [2.75, 3.05) is 19.8 Å². The van der Waals surface area contributed by atoms with Crippen molar-refractivity contribution in [2.45, 2.75) is 46.0 Å². The van der Waals surface area contributed by atoms with Crippen molar-refractivity contribution in [3.05, 3.63) is 36.0 Å². The average molecular weight is 320 g/mol. The third-order valence-corrected chi connectivity index (χ3v) is 6.41. The van der Waals surface area contributed by atoms with Crippen LogP contribution in [0, 0.1) is 22.7 Å². The Balaban J connectivity index is 2.32. The van der Waals surface area contributed by atoms with Crippen molar-refractivity contribution >= 4 is 0 Å². The van der Waals surface area contributed by atoms with Gasteiger partial charge in [-0.2, -0.15) is 0 Å². The second-order valence-corrected chi connectivity index (χ2v) is 7.88. The summed E-state index contributed by atoms with van der Waals surface area (Å²) in [5.41, 5.74) is 2.11. The molecule has 0 spiro atoms. The van der Waals surface area contributed by atoms with Gasteiger partial charge in [-0.1, -0.05) is 50.6 Å². The Morgan fingerprint density at radius 3 is 2.61 bits per heavy atom. The Bertz CT molecular complexity index is 493. The molecule has 0 aliphatic heterocycles.